The zero-order chi connectivity index (χ0) is 10.1. The van der Waals surface area contributed by atoms with Gasteiger partial charge in [-0.05, 0) is 12.8 Å². The average molecular weight is 214 g/mol. The molecule has 0 aromatic carbocycles. The number of nitrogens with zero attached hydrogens (tertiary/aromatic N) is 3. The van der Waals surface area contributed by atoms with Crippen molar-refractivity contribution >= 4 is 17.5 Å². The molecule has 0 atom stereocenters. The van der Waals surface area contributed by atoms with Gasteiger partial charge in [-0.3, -0.25) is 9.48 Å². The van der Waals surface area contributed by atoms with Gasteiger partial charge in [0.25, 0.3) is 5.91 Å². The highest BCUT2D eigenvalue weighted by Crippen LogP contribution is 2.18. The number of hydrogen-bond donors (Lipinski definition) is 0. The average Bonchev–Trinajstić information content (AvgIpc) is 2.73. The van der Waals surface area contributed by atoms with E-state index in [1.165, 1.54) is 0 Å². The second kappa shape index (κ2) is 3.61. The van der Waals surface area contributed by atoms with E-state index in [4.69, 9.17) is 11.6 Å². The van der Waals surface area contributed by atoms with E-state index in [9.17, 15) is 4.79 Å². The predicted octanol–water partition coefficient (Wildman–Crippen LogP) is 1.31. The van der Waals surface area contributed by atoms with Gasteiger partial charge in [0.15, 0.2) is 5.69 Å². The molecule has 0 saturated carbocycles. The van der Waals surface area contributed by atoms with Gasteiger partial charge in [0, 0.05) is 26.3 Å². The van der Waals surface area contributed by atoms with Gasteiger partial charge in [0.1, 0.15) is 0 Å². The highest BCUT2D eigenvalue weighted by atomic mass is 35.5. The topological polar surface area (TPSA) is 38.1 Å². The quantitative estimate of drug-likeness (QED) is 0.706. The maximum absolute atomic E-state index is 11.8. The standard InChI is InChI=1S/C9H12ClN3O/c1-12-6-7(10)8(11-12)9(14)13-4-2-3-5-13/h6H,2-5H2,1H3. The zero-order valence-electron chi connectivity index (χ0n) is 8.03. The van der Waals surface area contributed by atoms with Gasteiger partial charge in [-0.2, -0.15) is 5.10 Å². The van der Waals surface area contributed by atoms with Crippen LogP contribution in [-0.4, -0.2) is 33.7 Å². The van der Waals surface area contributed by atoms with Crippen molar-refractivity contribution in [3.05, 3.63) is 16.9 Å². The van der Waals surface area contributed by atoms with Crippen molar-refractivity contribution in [2.75, 3.05) is 13.1 Å². The van der Waals surface area contributed by atoms with E-state index in [-0.39, 0.29) is 5.91 Å². The Bertz CT molecular complexity index is 355. The first-order chi connectivity index (χ1) is 6.68. The molecule has 0 spiro atoms. The maximum Gasteiger partial charge on any atom is 0.275 e. The van der Waals surface area contributed by atoms with Crippen LogP contribution >= 0.6 is 11.6 Å². The van der Waals surface area contributed by atoms with Crippen molar-refractivity contribution in [2.24, 2.45) is 7.05 Å². The minimum absolute atomic E-state index is 0.0481. The van der Waals surface area contributed by atoms with Crippen LogP contribution in [0.1, 0.15) is 23.3 Å². The molecule has 5 heteroatoms. The lowest BCUT2D eigenvalue weighted by Gasteiger charge is -2.13. The van der Waals surface area contributed by atoms with E-state index >= 15 is 0 Å². The second-order valence-electron chi connectivity index (χ2n) is 3.50. The molecule has 1 aromatic rings. The molecule has 0 radical (unpaired) electrons. The predicted molar refractivity (Wildman–Crippen MR) is 53.4 cm³/mol. The van der Waals surface area contributed by atoms with Crippen molar-refractivity contribution in [1.82, 2.24) is 14.7 Å². The van der Waals surface area contributed by atoms with E-state index in [1.807, 2.05) is 0 Å². The van der Waals surface area contributed by atoms with Crippen molar-refractivity contribution in [1.29, 1.82) is 0 Å². The molecule has 1 amide bonds. The van der Waals surface area contributed by atoms with Crippen LogP contribution in [0.4, 0.5) is 0 Å². The Balaban J connectivity index is 2.21. The first-order valence-corrected chi connectivity index (χ1v) is 5.04. The molecule has 1 aliphatic heterocycles. The Kier molecular flexibility index (Phi) is 2.46. The lowest BCUT2D eigenvalue weighted by atomic mass is 10.4. The van der Waals surface area contributed by atoms with Crippen LogP contribution in [0.2, 0.25) is 5.02 Å². The molecule has 2 rings (SSSR count). The summed E-state index contributed by atoms with van der Waals surface area (Å²) in [7, 11) is 1.76. The van der Waals surface area contributed by atoms with Crippen LogP contribution in [0.15, 0.2) is 6.20 Å². The molecule has 76 valence electrons. The molecule has 0 aliphatic carbocycles. The summed E-state index contributed by atoms with van der Waals surface area (Å²) in [4.78, 5) is 13.6. The molecule has 0 bridgehead atoms. The van der Waals surface area contributed by atoms with Gasteiger partial charge in [0.05, 0.1) is 5.02 Å². The summed E-state index contributed by atoms with van der Waals surface area (Å²) in [6, 6.07) is 0. The Morgan fingerprint density at radius 2 is 2.14 bits per heavy atom. The van der Waals surface area contributed by atoms with Crippen LogP contribution in [0.25, 0.3) is 0 Å². The molecular weight excluding hydrogens is 202 g/mol. The minimum atomic E-state index is -0.0481. The monoisotopic (exact) mass is 213 g/mol. The summed E-state index contributed by atoms with van der Waals surface area (Å²) in [6.07, 6.45) is 3.80. The van der Waals surface area contributed by atoms with Crippen LogP contribution in [0.3, 0.4) is 0 Å². The van der Waals surface area contributed by atoms with Crippen LogP contribution in [0.5, 0.6) is 0 Å². The third-order valence-corrected chi connectivity index (χ3v) is 2.66. The van der Waals surface area contributed by atoms with Crippen LogP contribution < -0.4 is 0 Å². The number of rotatable bonds is 1. The normalized spacial score (nSPS) is 16.3. The summed E-state index contributed by atoms with van der Waals surface area (Å²) < 4.78 is 1.56. The molecule has 1 fully saturated rings. The fourth-order valence-corrected chi connectivity index (χ4v) is 1.93. The first kappa shape index (κ1) is 9.52. The number of likely N-dealkylation sites (tertiary alicyclic amines) is 1. The van der Waals surface area contributed by atoms with Crippen molar-refractivity contribution in [2.45, 2.75) is 12.8 Å². The summed E-state index contributed by atoms with van der Waals surface area (Å²) in [5.41, 5.74) is 0.371. The number of aromatic nitrogens is 2. The molecule has 0 unspecified atom stereocenters. The van der Waals surface area contributed by atoms with Crippen LogP contribution in [-0.2, 0) is 7.05 Å². The van der Waals surface area contributed by atoms with Gasteiger partial charge in [-0.25, -0.2) is 0 Å². The van der Waals surface area contributed by atoms with E-state index < -0.39 is 0 Å². The molecular formula is C9H12ClN3O. The lowest BCUT2D eigenvalue weighted by molar-refractivity contribution is 0.0786. The Morgan fingerprint density at radius 1 is 1.50 bits per heavy atom. The minimum Gasteiger partial charge on any atom is -0.337 e. The molecule has 0 N–H and O–H groups in total. The smallest absolute Gasteiger partial charge is 0.275 e. The fourth-order valence-electron chi connectivity index (χ4n) is 1.67. The SMILES string of the molecule is Cn1cc(Cl)c(C(=O)N2CCCC2)n1. The number of carbonyl (C=O) groups excluding carboxylic acids is 1. The van der Waals surface area contributed by atoms with Gasteiger partial charge in [0.2, 0.25) is 0 Å². The summed E-state index contributed by atoms with van der Waals surface area (Å²) in [6.45, 7) is 1.65. The first-order valence-electron chi connectivity index (χ1n) is 4.67. The number of aryl methyl sites for hydroxylation is 1. The van der Waals surface area contributed by atoms with E-state index in [1.54, 1.807) is 22.8 Å². The van der Waals surface area contributed by atoms with Gasteiger partial charge >= 0.3 is 0 Å². The molecule has 14 heavy (non-hydrogen) atoms. The zero-order valence-corrected chi connectivity index (χ0v) is 8.79. The highest BCUT2D eigenvalue weighted by Gasteiger charge is 2.23. The molecule has 4 nitrogen and oxygen atoms in total. The Morgan fingerprint density at radius 3 is 2.64 bits per heavy atom. The summed E-state index contributed by atoms with van der Waals surface area (Å²) in [5, 5.41) is 4.48. The van der Waals surface area contributed by atoms with Crippen molar-refractivity contribution in [3.63, 3.8) is 0 Å². The largest absolute Gasteiger partial charge is 0.337 e. The van der Waals surface area contributed by atoms with Gasteiger partial charge in [-0.15, -0.1) is 0 Å². The van der Waals surface area contributed by atoms with Gasteiger partial charge < -0.3 is 4.90 Å². The van der Waals surface area contributed by atoms with E-state index in [0.717, 1.165) is 25.9 Å². The second-order valence-corrected chi connectivity index (χ2v) is 3.91. The van der Waals surface area contributed by atoms with E-state index in [2.05, 4.69) is 5.10 Å². The molecule has 2 heterocycles. The van der Waals surface area contributed by atoms with Crippen LogP contribution in [0, 0.1) is 0 Å². The highest BCUT2D eigenvalue weighted by molar-refractivity contribution is 6.33. The number of hydrogen-bond acceptors (Lipinski definition) is 2. The van der Waals surface area contributed by atoms with E-state index in [0.29, 0.717) is 10.7 Å². The maximum atomic E-state index is 11.8. The molecule has 1 aromatic heterocycles. The molecule has 1 saturated heterocycles. The third kappa shape index (κ3) is 1.62. The Hall–Kier alpha value is -1.03. The number of halogens is 1. The Labute approximate surface area is 87.4 Å². The number of amides is 1. The number of carbonyl (C=O) groups is 1. The summed E-state index contributed by atoms with van der Waals surface area (Å²) in [5.74, 6) is -0.0481. The van der Waals surface area contributed by atoms with Gasteiger partial charge in [-0.1, -0.05) is 11.6 Å². The van der Waals surface area contributed by atoms with Crippen molar-refractivity contribution < 1.29 is 4.79 Å². The molecule has 1 aliphatic rings. The van der Waals surface area contributed by atoms with Crippen molar-refractivity contribution in [3.8, 4) is 0 Å². The summed E-state index contributed by atoms with van der Waals surface area (Å²) >= 11 is 5.89. The lowest BCUT2D eigenvalue weighted by Crippen LogP contribution is -2.28. The fraction of sp³-hybridized carbons (Fsp3) is 0.556. The third-order valence-electron chi connectivity index (χ3n) is 2.38.